The van der Waals surface area contributed by atoms with Crippen LogP contribution in [0.25, 0.3) is 11.1 Å². The molecular formula is C36H50Cl2Zr. The molecule has 3 heteroatoms. The van der Waals surface area contributed by atoms with Gasteiger partial charge in [0.2, 0.25) is 0 Å². The van der Waals surface area contributed by atoms with Crippen molar-refractivity contribution in [3.8, 4) is 11.1 Å². The Hall–Kier alpha value is -0.747. The number of allylic oxidation sites excluding steroid dienone is 4. The Morgan fingerprint density at radius 2 is 1.26 bits per heavy atom. The van der Waals surface area contributed by atoms with E-state index in [4.69, 9.17) is 0 Å². The van der Waals surface area contributed by atoms with Crippen molar-refractivity contribution in [1.82, 2.24) is 0 Å². The summed E-state index contributed by atoms with van der Waals surface area (Å²) in [6.07, 6.45) is 7.65. The van der Waals surface area contributed by atoms with Gasteiger partial charge in [0.15, 0.2) is 0 Å². The normalized spacial score (nSPS) is 15.0. The molecule has 2 aliphatic carbocycles. The second-order valence-electron chi connectivity index (χ2n) is 15.0. The van der Waals surface area contributed by atoms with E-state index in [0.717, 1.165) is 6.42 Å². The third kappa shape index (κ3) is 7.01. The molecule has 0 saturated carbocycles. The topological polar surface area (TPSA) is 0 Å². The van der Waals surface area contributed by atoms with Gasteiger partial charge in [0, 0.05) is 0 Å². The molecule has 0 aromatic heterocycles. The molecule has 0 radical (unpaired) electrons. The predicted octanol–water partition coefficient (Wildman–Crippen LogP) is 4.48. The maximum Gasteiger partial charge on any atom is -1.00 e. The van der Waals surface area contributed by atoms with Gasteiger partial charge in [0.05, 0.1) is 0 Å². The Morgan fingerprint density at radius 3 is 1.64 bits per heavy atom. The van der Waals surface area contributed by atoms with Gasteiger partial charge in [-0.05, 0) is 0 Å². The van der Waals surface area contributed by atoms with Gasteiger partial charge in [-0.25, -0.2) is 0 Å². The van der Waals surface area contributed by atoms with Crippen molar-refractivity contribution in [2.45, 2.75) is 110 Å². The van der Waals surface area contributed by atoms with Gasteiger partial charge in [-0.2, -0.15) is 0 Å². The van der Waals surface area contributed by atoms with Crippen molar-refractivity contribution in [2.75, 3.05) is 0 Å². The molecule has 0 fully saturated rings. The van der Waals surface area contributed by atoms with Gasteiger partial charge in [-0.15, -0.1) is 0 Å². The second-order valence-corrected chi connectivity index (χ2v) is 22.5. The zero-order valence-electron chi connectivity index (χ0n) is 26.4. The molecule has 0 bridgehead atoms. The summed E-state index contributed by atoms with van der Waals surface area (Å²) >= 11 is -2.19. The van der Waals surface area contributed by atoms with E-state index in [-0.39, 0.29) is 41.1 Å². The van der Waals surface area contributed by atoms with Crippen LogP contribution in [-0.2, 0) is 32.1 Å². The van der Waals surface area contributed by atoms with Crippen molar-refractivity contribution in [2.24, 2.45) is 11.3 Å². The summed E-state index contributed by atoms with van der Waals surface area (Å²) in [6, 6.07) is 14.9. The Bertz CT molecular complexity index is 1240. The van der Waals surface area contributed by atoms with E-state index in [0.29, 0.717) is 9.54 Å². The van der Waals surface area contributed by atoms with Gasteiger partial charge in [-0.1, -0.05) is 0 Å². The van der Waals surface area contributed by atoms with Crippen LogP contribution >= 0.6 is 0 Å². The zero-order chi connectivity index (χ0) is 27.5. The molecule has 0 amide bonds. The first kappa shape index (κ1) is 34.5. The van der Waals surface area contributed by atoms with Crippen LogP contribution < -0.4 is 24.8 Å². The van der Waals surface area contributed by atoms with Gasteiger partial charge >= 0.3 is 237 Å². The minimum absolute atomic E-state index is 0. The summed E-state index contributed by atoms with van der Waals surface area (Å²) in [4.78, 5) is 0. The quantitative estimate of drug-likeness (QED) is 0.451. The molecule has 39 heavy (non-hydrogen) atoms. The van der Waals surface area contributed by atoms with Crippen LogP contribution in [0.5, 0.6) is 0 Å². The van der Waals surface area contributed by atoms with Crippen LogP contribution in [0.15, 0.2) is 57.4 Å². The Balaban J connectivity index is 0.00000267. The molecule has 0 unspecified atom stereocenters. The molecule has 4 rings (SSSR count). The predicted molar refractivity (Wildman–Crippen MR) is 161 cm³/mol. The summed E-state index contributed by atoms with van der Waals surface area (Å²) in [5.41, 5.74) is 11.2. The molecule has 0 atom stereocenters. The Kier molecular flexibility index (Phi) is 10.8. The minimum Gasteiger partial charge on any atom is -1.00 e. The van der Waals surface area contributed by atoms with Crippen molar-refractivity contribution in [3.63, 3.8) is 0 Å². The monoisotopic (exact) mass is 642 g/mol. The number of hydrogen-bond acceptors (Lipinski definition) is 0. The van der Waals surface area contributed by atoms with Gasteiger partial charge in [0.1, 0.15) is 0 Å². The molecule has 0 saturated heterocycles. The molecule has 0 N–H and O–H groups in total. The fourth-order valence-electron chi connectivity index (χ4n) is 6.61. The molecule has 0 spiro atoms. The summed E-state index contributed by atoms with van der Waals surface area (Å²) in [5.74, 6) is 0.716. The zero-order valence-corrected chi connectivity index (χ0v) is 30.4. The molecule has 0 nitrogen and oxygen atoms in total. The van der Waals surface area contributed by atoms with E-state index in [1.165, 1.54) is 28.7 Å². The summed E-state index contributed by atoms with van der Waals surface area (Å²) < 4.78 is 4.08. The first-order chi connectivity index (χ1) is 17.0. The SMILES string of the molecule is C[C](C)=[Zr+2]([C]1=CC(C(C)(C)CC(C)C)=CC1)[CH]1c2ccc(C(C)(C)C)cc2-c2cc(C(C)(C)C)ccc21.[Cl-].[Cl-]. The maximum atomic E-state index is 2.66. The van der Waals surface area contributed by atoms with Crippen LogP contribution in [-0.4, -0.2) is 3.21 Å². The van der Waals surface area contributed by atoms with E-state index >= 15 is 0 Å². The van der Waals surface area contributed by atoms with Crippen LogP contribution in [0.4, 0.5) is 0 Å². The third-order valence-corrected chi connectivity index (χ3v) is 16.6. The van der Waals surface area contributed by atoms with Gasteiger partial charge in [0.25, 0.3) is 0 Å². The first-order valence-electron chi connectivity index (χ1n) is 14.4. The van der Waals surface area contributed by atoms with E-state index in [9.17, 15) is 0 Å². The average Bonchev–Trinajstić information content (AvgIpc) is 3.36. The molecule has 2 aromatic carbocycles. The smallest absolute Gasteiger partial charge is 1.00 e. The number of benzene rings is 2. The number of rotatable bonds is 5. The molecule has 0 heterocycles. The van der Waals surface area contributed by atoms with E-state index in [1.54, 1.807) is 23.2 Å². The largest absolute Gasteiger partial charge is 1.00 e. The number of fused-ring (bicyclic) bond motifs is 3. The van der Waals surface area contributed by atoms with E-state index in [1.807, 2.05) is 0 Å². The van der Waals surface area contributed by atoms with Crippen LogP contribution in [0.3, 0.4) is 0 Å². The fourth-order valence-corrected chi connectivity index (χ4v) is 14.8. The number of halogens is 2. The van der Waals surface area contributed by atoms with Crippen LogP contribution in [0.1, 0.15) is 122 Å². The van der Waals surface area contributed by atoms with Gasteiger partial charge in [-0.3, -0.25) is 0 Å². The maximum absolute atomic E-state index is 2.66. The third-order valence-electron chi connectivity index (χ3n) is 8.50. The molecule has 0 aliphatic heterocycles. The summed E-state index contributed by atoms with van der Waals surface area (Å²) in [5, 5.41) is 0. The van der Waals surface area contributed by atoms with Crippen molar-refractivity contribution in [1.29, 1.82) is 0 Å². The van der Waals surface area contributed by atoms with Gasteiger partial charge < -0.3 is 24.8 Å². The van der Waals surface area contributed by atoms with Crippen molar-refractivity contribution in [3.05, 3.63) is 79.7 Å². The van der Waals surface area contributed by atoms with Crippen LogP contribution in [0.2, 0.25) is 0 Å². The van der Waals surface area contributed by atoms with E-state index < -0.39 is 21.3 Å². The Labute approximate surface area is 260 Å². The van der Waals surface area contributed by atoms with Crippen molar-refractivity contribution >= 4 is 3.21 Å². The van der Waals surface area contributed by atoms with Crippen LogP contribution in [0, 0.1) is 11.3 Å². The summed E-state index contributed by atoms with van der Waals surface area (Å²) in [6.45, 7) is 28.6. The second kappa shape index (κ2) is 12.2. The molecule has 212 valence electrons. The molecule has 2 aromatic rings. The van der Waals surface area contributed by atoms with E-state index in [2.05, 4.69) is 132 Å². The fraction of sp³-hybridized carbons (Fsp3) is 0.528. The Morgan fingerprint density at radius 1 is 0.795 bits per heavy atom. The summed E-state index contributed by atoms with van der Waals surface area (Å²) in [7, 11) is 0. The van der Waals surface area contributed by atoms with Crippen molar-refractivity contribution < 1.29 is 46.1 Å². The average molecular weight is 645 g/mol. The first-order valence-corrected chi connectivity index (χ1v) is 18.3. The molecule has 2 aliphatic rings. The minimum atomic E-state index is -2.19. The molecular weight excluding hydrogens is 595 g/mol. The number of hydrogen-bond donors (Lipinski definition) is 0. The standard InChI is InChI=1S/C21H25.C12H19.C3H6.2ClH.Zr/c1-20(2,3)16-9-7-14-11-15-8-10-17(21(4,5)6)13-19(15)18(14)12-16;1-10(2)9-12(3,4)11-7-5-6-8-11;1-3-2;;;/h7-13H,1-6H3;7-8,10H,5,9H2,1-4H3;1-2H3;2*1H;/q;;;;;+2/p-2.